The maximum absolute atomic E-state index is 10.7. The van der Waals surface area contributed by atoms with Crippen molar-refractivity contribution in [3.63, 3.8) is 0 Å². The molecule has 0 atom stereocenters. The van der Waals surface area contributed by atoms with Crippen LogP contribution in [-0.2, 0) is 6.42 Å². The van der Waals surface area contributed by atoms with E-state index in [9.17, 15) is 10.1 Å². The van der Waals surface area contributed by atoms with Crippen LogP contribution in [0.3, 0.4) is 0 Å². The molecule has 0 unspecified atom stereocenters. The van der Waals surface area contributed by atoms with Gasteiger partial charge < -0.3 is 5.11 Å². The second kappa shape index (κ2) is 5.57. The Kier molecular flexibility index (Phi) is 3.86. The summed E-state index contributed by atoms with van der Waals surface area (Å²) >= 11 is 0. The quantitative estimate of drug-likeness (QED) is 0.649. The lowest BCUT2D eigenvalue weighted by Crippen LogP contribution is -1.98. The summed E-state index contributed by atoms with van der Waals surface area (Å²) in [6.07, 6.45) is 3.05. The minimum absolute atomic E-state index is 0.0874. The van der Waals surface area contributed by atoms with Crippen LogP contribution in [0.5, 0.6) is 0 Å². The Morgan fingerprint density at radius 2 is 2.26 bits per heavy atom. The second-order valence-electron chi connectivity index (χ2n) is 4.21. The topological polar surface area (TPSA) is 94.1 Å². The van der Waals surface area contributed by atoms with Crippen molar-refractivity contribution in [3.8, 4) is 5.69 Å². The summed E-state index contributed by atoms with van der Waals surface area (Å²) in [6.45, 7) is 1.80. The first-order chi connectivity index (χ1) is 9.11. The molecule has 2 rings (SSSR count). The summed E-state index contributed by atoms with van der Waals surface area (Å²) in [7, 11) is 0. The fraction of sp³-hybridized carbons (Fsp3) is 0.333. The molecule has 0 aliphatic rings. The van der Waals surface area contributed by atoms with E-state index in [4.69, 9.17) is 5.11 Å². The zero-order valence-electron chi connectivity index (χ0n) is 10.5. The molecule has 100 valence electrons. The molecular formula is C12H14N4O3. The summed E-state index contributed by atoms with van der Waals surface area (Å²) in [6, 6.07) is 4.79. The minimum atomic E-state index is -0.410. The number of nitrogens with zero attached hydrogens (tertiary/aromatic N) is 4. The predicted molar refractivity (Wildman–Crippen MR) is 68.2 cm³/mol. The van der Waals surface area contributed by atoms with Crippen LogP contribution in [0.15, 0.2) is 24.4 Å². The van der Waals surface area contributed by atoms with Crippen LogP contribution in [0.25, 0.3) is 5.69 Å². The first-order valence-electron chi connectivity index (χ1n) is 5.89. The number of aryl methyl sites for hydroxylation is 2. The van der Waals surface area contributed by atoms with E-state index in [2.05, 4.69) is 10.3 Å². The second-order valence-corrected chi connectivity index (χ2v) is 4.21. The highest BCUT2D eigenvalue weighted by Gasteiger charge is 2.11. The number of rotatable bonds is 5. The number of nitro groups is 1. The molecule has 2 aromatic rings. The van der Waals surface area contributed by atoms with Gasteiger partial charge in [0.1, 0.15) is 0 Å². The SMILES string of the molecule is Cc1cc(-n2cc(CCCO)nn2)ccc1[N+](=O)[O-]. The van der Waals surface area contributed by atoms with Gasteiger partial charge in [-0.1, -0.05) is 5.21 Å². The molecular weight excluding hydrogens is 248 g/mol. The van der Waals surface area contributed by atoms with Gasteiger partial charge in [0.25, 0.3) is 5.69 Å². The molecule has 1 aromatic carbocycles. The van der Waals surface area contributed by atoms with Crippen molar-refractivity contribution in [1.29, 1.82) is 0 Å². The van der Waals surface area contributed by atoms with Gasteiger partial charge in [0, 0.05) is 18.2 Å². The van der Waals surface area contributed by atoms with E-state index in [1.807, 2.05) is 0 Å². The third-order valence-electron chi connectivity index (χ3n) is 2.77. The molecule has 1 N–H and O–H groups in total. The van der Waals surface area contributed by atoms with Crippen LogP contribution >= 0.6 is 0 Å². The summed E-state index contributed by atoms with van der Waals surface area (Å²) < 4.78 is 1.57. The van der Waals surface area contributed by atoms with Crippen molar-refractivity contribution in [1.82, 2.24) is 15.0 Å². The molecule has 7 heteroatoms. The first-order valence-corrected chi connectivity index (χ1v) is 5.89. The predicted octanol–water partition coefficient (Wildman–Crippen LogP) is 1.41. The third-order valence-corrected chi connectivity index (χ3v) is 2.77. The van der Waals surface area contributed by atoms with Crippen LogP contribution in [0.4, 0.5) is 5.69 Å². The highest BCUT2D eigenvalue weighted by Crippen LogP contribution is 2.20. The van der Waals surface area contributed by atoms with Gasteiger partial charge in [-0.3, -0.25) is 10.1 Å². The molecule has 0 radical (unpaired) electrons. The summed E-state index contributed by atoms with van der Waals surface area (Å²) in [4.78, 5) is 10.3. The van der Waals surface area contributed by atoms with Gasteiger partial charge in [-0.05, 0) is 31.9 Å². The van der Waals surface area contributed by atoms with Crippen molar-refractivity contribution in [3.05, 3.63) is 45.8 Å². The van der Waals surface area contributed by atoms with Gasteiger partial charge in [0.15, 0.2) is 0 Å². The number of aromatic nitrogens is 3. The molecule has 0 aliphatic heterocycles. The van der Waals surface area contributed by atoms with Gasteiger partial charge in [-0.15, -0.1) is 5.10 Å². The highest BCUT2D eigenvalue weighted by atomic mass is 16.6. The Morgan fingerprint density at radius 1 is 1.47 bits per heavy atom. The number of hydrogen-bond donors (Lipinski definition) is 1. The molecule has 0 amide bonds. The maximum Gasteiger partial charge on any atom is 0.272 e. The standard InChI is InChI=1S/C12H14N4O3/c1-9-7-11(4-5-12(9)16(18)19)15-8-10(13-14-15)3-2-6-17/h4-5,7-8,17H,2-3,6H2,1H3. The average Bonchev–Trinajstić information content (AvgIpc) is 2.84. The van der Waals surface area contributed by atoms with Gasteiger partial charge in [-0.25, -0.2) is 4.68 Å². The molecule has 7 nitrogen and oxygen atoms in total. The van der Waals surface area contributed by atoms with E-state index in [-0.39, 0.29) is 12.3 Å². The lowest BCUT2D eigenvalue weighted by Gasteiger charge is -2.02. The van der Waals surface area contributed by atoms with E-state index < -0.39 is 4.92 Å². The van der Waals surface area contributed by atoms with E-state index >= 15 is 0 Å². The minimum Gasteiger partial charge on any atom is -0.396 e. The zero-order valence-corrected chi connectivity index (χ0v) is 10.5. The van der Waals surface area contributed by atoms with Crippen molar-refractivity contribution >= 4 is 5.69 Å². The molecule has 0 bridgehead atoms. The number of aliphatic hydroxyl groups is 1. The third kappa shape index (κ3) is 2.94. The normalized spacial score (nSPS) is 10.6. The Morgan fingerprint density at radius 3 is 2.89 bits per heavy atom. The highest BCUT2D eigenvalue weighted by molar-refractivity contribution is 5.47. The van der Waals surface area contributed by atoms with Gasteiger partial charge in [0.2, 0.25) is 0 Å². The Balaban J connectivity index is 2.24. The Bertz CT molecular complexity index is 594. The van der Waals surface area contributed by atoms with Crippen LogP contribution in [0.2, 0.25) is 0 Å². The van der Waals surface area contributed by atoms with Crippen molar-refractivity contribution in [2.45, 2.75) is 19.8 Å². The number of hydrogen-bond acceptors (Lipinski definition) is 5. The molecule has 0 fully saturated rings. The molecule has 1 aromatic heterocycles. The smallest absolute Gasteiger partial charge is 0.272 e. The van der Waals surface area contributed by atoms with Crippen LogP contribution in [0, 0.1) is 17.0 Å². The van der Waals surface area contributed by atoms with E-state index in [0.29, 0.717) is 18.4 Å². The fourth-order valence-electron chi connectivity index (χ4n) is 1.79. The maximum atomic E-state index is 10.7. The van der Waals surface area contributed by atoms with Gasteiger partial charge in [-0.2, -0.15) is 0 Å². The Hall–Kier alpha value is -2.28. The molecule has 0 saturated heterocycles. The van der Waals surface area contributed by atoms with Gasteiger partial charge in [0.05, 0.1) is 22.5 Å². The van der Waals surface area contributed by atoms with Gasteiger partial charge >= 0.3 is 0 Å². The fourth-order valence-corrected chi connectivity index (χ4v) is 1.79. The lowest BCUT2D eigenvalue weighted by atomic mass is 10.2. The van der Waals surface area contributed by atoms with Crippen LogP contribution in [0.1, 0.15) is 17.7 Å². The average molecular weight is 262 g/mol. The summed E-state index contributed by atoms with van der Waals surface area (Å²) in [5.41, 5.74) is 2.18. The van der Waals surface area contributed by atoms with E-state index in [1.54, 1.807) is 29.9 Å². The Labute approximate surface area is 109 Å². The molecule has 0 aliphatic carbocycles. The van der Waals surface area contributed by atoms with Crippen LogP contribution in [-0.4, -0.2) is 31.6 Å². The molecule has 0 saturated carbocycles. The monoisotopic (exact) mass is 262 g/mol. The summed E-state index contributed by atoms with van der Waals surface area (Å²) in [5.74, 6) is 0. The largest absolute Gasteiger partial charge is 0.396 e. The van der Waals surface area contributed by atoms with Crippen molar-refractivity contribution in [2.75, 3.05) is 6.61 Å². The molecule has 1 heterocycles. The lowest BCUT2D eigenvalue weighted by molar-refractivity contribution is -0.385. The molecule has 0 spiro atoms. The van der Waals surface area contributed by atoms with Crippen LogP contribution < -0.4 is 0 Å². The van der Waals surface area contributed by atoms with E-state index in [1.165, 1.54) is 6.07 Å². The molecule has 19 heavy (non-hydrogen) atoms. The van der Waals surface area contributed by atoms with E-state index in [0.717, 1.165) is 11.4 Å². The van der Waals surface area contributed by atoms with Crippen molar-refractivity contribution in [2.24, 2.45) is 0 Å². The number of benzene rings is 1. The van der Waals surface area contributed by atoms with Crippen molar-refractivity contribution < 1.29 is 10.0 Å². The summed E-state index contributed by atoms with van der Waals surface area (Å²) in [5, 5.41) is 27.4. The number of aliphatic hydroxyl groups excluding tert-OH is 1. The number of nitro benzene ring substituents is 1. The first kappa shape index (κ1) is 13.2. The zero-order chi connectivity index (χ0) is 13.8.